The molecule has 12 heavy (non-hydrogen) atoms. The molecule has 1 aliphatic rings. The van der Waals surface area contributed by atoms with Gasteiger partial charge in [-0.15, -0.1) is 0 Å². The third-order valence-corrected chi connectivity index (χ3v) is 2.23. The van der Waals surface area contributed by atoms with Gasteiger partial charge in [-0.05, 0) is 38.3 Å². The SMILES string of the molecule is O=C(O)NCCCC1CCNC1. The third kappa shape index (κ3) is 3.57. The fourth-order valence-electron chi connectivity index (χ4n) is 1.55. The lowest BCUT2D eigenvalue weighted by Crippen LogP contribution is -2.22. The van der Waals surface area contributed by atoms with Gasteiger partial charge in [-0.25, -0.2) is 4.79 Å². The van der Waals surface area contributed by atoms with Gasteiger partial charge in [0.2, 0.25) is 0 Å². The topological polar surface area (TPSA) is 61.4 Å². The summed E-state index contributed by atoms with van der Waals surface area (Å²) >= 11 is 0. The van der Waals surface area contributed by atoms with Crippen LogP contribution in [0.15, 0.2) is 0 Å². The van der Waals surface area contributed by atoms with Crippen molar-refractivity contribution in [1.29, 1.82) is 0 Å². The molecule has 0 aliphatic carbocycles. The van der Waals surface area contributed by atoms with Crippen LogP contribution in [0.5, 0.6) is 0 Å². The van der Waals surface area contributed by atoms with E-state index in [0.717, 1.165) is 31.8 Å². The predicted octanol–water partition coefficient (Wildman–Crippen LogP) is 0.644. The molecule has 1 rings (SSSR count). The number of nitrogens with one attached hydrogen (secondary N) is 2. The second-order valence-corrected chi connectivity index (χ2v) is 3.23. The monoisotopic (exact) mass is 172 g/mol. The molecule has 0 spiro atoms. The van der Waals surface area contributed by atoms with E-state index in [-0.39, 0.29) is 0 Å². The zero-order valence-corrected chi connectivity index (χ0v) is 7.18. The predicted molar refractivity (Wildman–Crippen MR) is 46.2 cm³/mol. The average Bonchev–Trinajstić information content (AvgIpc) is 2.49. The van der Waals surface area contributed by atoms with Gasteiger partial charge in [-0.2, -0.15) is 0 Å². The zero-order valence-electron chi connectivity index (χ0n) is 7.18. The number of carboxylic acid groups (broad SMARTS) is 1. The van der Waals surface area contributed by atoms with Gasteiger partial charge in [0, 0.05) is 6.54 Å². The van der Waals surface area contributed by atoms with Gasteiger partial charge in [-0.3, -0.25) is 0 Å². The number of carbonyl (C=O) groups is 1. The molecule has 3 N–H and O–H groups in total. The van der Waals surface area contributed by atoms with Gasteiger partial charge >= 0.3 is 6.09 Å². The van der Waals surface area contributed by atoms with E-state index in [1.165, 1.54) is 6.42 Å². The first-order valence-electron chi connectivity index (χ1n) is 4.46. The van der Waals surface area contributed by atoms with E-state index in [2.05, 4.69) is 10.6 Å². The first-order valence-corrected chi connectivity index (χ1v) is 4.46. The molecule has 0 aromatic heterocycles. The number of amides is 1. The summed E-state index contributed by atoms with van der Waals surface area (Å²) in [5.41, 5.74) is 0. The zero-order chi connectivity index (χ0) is 8.81. The normalized spacial score (nSPS) is 22.5. The van der Waals surface area contributed by atoms with Gasteiger partial charge in [0.15, 0.2) is 0 Å². The quantitative estimate of drug-likeness (QED) is 0.545. The molecular weight excluding hydrogens is 156 g/mol. The van der Waals surface area contributed by atoms with E-state index in [1.54, 1.807) is 0 Å². The van der Waals surface area contributed by atoms with E-state index in [9.17, 15) is 4.79 Å². The molecule has 4 heteroatoms. The van der Waals surface area contributed by atoms with Crippen molar-refractivity contribution in [2.75, 3.05) is 19.6 Å². The maximum absolute atomic E-state index is 10.1. The van der Waals surface area contributed by atoms with Crippen molar-refractivity contribution in [3.05, 3.63) is 0 Å². The Kier molecular flexibility index (Phi) is 3.87. The van der Waals surface area contributed by atoms with Crippen LogP contribution >= 0.6 is 0 Å². The van der Waals surface area contributed by atoms with Crippen LogP contribution in [0, 0.1) is 5.92 Å². The summed E-state index contributed by atoms with van der Waals surface area (Å²) in [6.45, 7) is 2.82. The van der Waals surface area contributed by atoms with Crippen molar-refractivity contribution in [3.63, 3.8) is 0 Å². The number of rotatable bonds is 4. The molecule has 4 nitrogen and oxygen atoms in total. The standard InChI is InChI=1S/C8H16N2O2/c11-8(12)10-4-1-2-7-3-5-9-6-7/h7,9-10H,1-6H2,(H,11,12). The Morgan fingerprint density at radius 2 is 2.50 bits per heavy atom. The third-order valence-electron chi connectivity index (χ3n) is 2.23. The first kappa shape index (κ1) is 9.32. The molecule has 1 fully saturated rings. The van der Waals surface area contributed by atoms with E-state index < -0.39 is 6.09 Å². The van der Waals surface area contributed by atoms with E-state index >= 15 is 0 Å². The second kappa shape index (κ2) is 4.98. The lowest BCUT2D eigenvalue weighted by molar-refractivity contribution is 0.194. The maximum Gasteiger partial charge on any atom is 0.404 e. The molecule has 1 aliphatic heterocycles. The Labute approximate surface area is 72.3 Å². The highest BCUT2D eigenvalue weighted by atomic mass is 16.4. The smallest absolute Gasteiger partial charge is 0.404 e. The highest BCUT2D eigenvalue weighted by Crippen LogP contribution is 2.13. The maximum atomic E-state index is 10.1. The van der Waals surface area contributed by atoms with Crippen LogP contribution in [0.3, 0.4) is 0 Å². The van der Waals surface area contributed by atoms with Crippen LogP contribution in [0.1, 0.15) is 19.3 Å². The summed E-state index contributed by atoms with van der Waals surface area (Å²) in [5, 5.41) is 13.9. The second-order valence-electron chi connectivity index (χ2n) is 3.23. The summed E-state index contributed by atoms with van der Waals surface area (Å²) in [6.07, 6.45) is 2.42. The molecule has 0 radical (unpaired) electrons. The summed E-state index contributed by atoms with van der Waals surface area (Å²) in [4.78, 5) is 10.1. The van der Waals surface area contributed by atoms with E-state index in [4.69, 9.17) is 5.11 Å². The molecule has 70 valence electrons. The van der Waals surface area contributed by atoms with Crippen molar-refractivity contribution in [2.45, 2.75) is 19.3 Å². The Morgan fingerprint density at radius 1 is 1.67 bits per heavy atom. The Balaban J connectivity index is 1.91. The van der Waals surface area contributed by atoms with Crippen molar-refractivity contribution in [3.8, 4) is 0 Å². The van der Waals surface area contributed by atoms with Crippen LogP contribution in [0.4, 0.5) is 4.79 Å². The highest BCUT2D eigenvalue weighted by molar-refractivity contribution is 5.64. The molecule has 0 aromatic carbocycles. The molecule has 1 atom stereocenters. The lowest BCUT2D eigenvalue weighted by atomic mass is 10.0. The molecule has 1 amide bonds. The Hall–Kier alpha value is -0.770. The van der Waals surface area contributed by atoms with Crippen LogP contribution in [0.25, 0.3) is 0 Å². The summed E-state index contributed by atoms with van der Waals surface area (Å²) in [7, 11) is 0. The van der Waals surface area contributed by atoms with Crippen LogP contribution in [-0.2, 0) is 0 Å². The highest BCUT2D eigenvalue weighted by Gasteiger charge is 2.13. The van der Waals surface area contributed by atoms with Crippen molar-refractivity contribution in [1.82, 2.24) is 10.6 Å². The molecule has 1 heterocycles. The van der Waals surface area contributed by atoms with E-state index in [0.29, 0.717) is 6.54 Å². The molecule has 0 bridgehead atoms. The van der Waals surface area contributed by atoms with Gasteiger partial charge in [0.1, 0.15) is 0 Å². The molecule has 0 saturated carbocycles. The van der Waals surface area contributed by atoms with Gasteiger partial charge in [0.05, 0.1) is 0 Å². The van der Waals surface area contributed by atoms with Gasteiger partial charge in [0.25, 0.3) is 0 Å². The largest absolute Gasteiger partial charge is 0.465 e. The Morgan fingerprint density at radius 3 is 3.08 bits per heavy atom. The number of hydrogen-bond acceptors (Lipinski definition) is 2. The van der Waals surface area contributed by atoms with Gasteiger partial charge < -0.3 is 15.7 Å². The average molecular weight is 172 g/mol. The van der Waals surface area contributed by atoms with E-state index in [1.807, 2.05) is 0 Å². The van der Waals surface area contributed by atoms with Gasteiger partial charge in [-0.1, -0.05) is 0 Å². The van der Waals surface area contributed by atoms with Crippen molar-refractivity contribution >= 4 is 6.09 Å². The van der Waals surface area contributed by atoms with Crippen LogP contribution < -0.4 is 10.6 Å². The first-order chi connectivity index (χ1) is 5.79. The summed E-state index contributed by atoms with van der Waals surface area (Å²) in [5.74, 6) is 0.764. The van der Waals surface area contributed by atoms with Crippen LogP contribution in [0.2, 0.25) is 0 Å². The minimum absolute atomic E-state index is 0.589. The lowest BCUT2D eigenvalue weighted by Gasteiger charge is -2.06. The molecule has 1 saturated heterocycles. The minimum Gasteiger partial charge on any atom is -0.465 e. The minimum atomic E-state index is -0.917. The summed E-state index contributed by atoms with van der Waals surface area (Å²) < 4.78 is 0. The molecular formula is C8H16N2O2. The summed E-state index contributed by atoms with van der Waals surface area (Å²) in [6, 6.07) is 0. The fourth-order valence-corrected chi connectivity index (χ4v) is 1.55. The van der Waals surface area contributed by atoms with Crippen LogP contribution in [-0.4, -0.2) is 30.8 Å². The van der Waals surface area contributed by atoms with Crippen molar-refractivity contribution < 1.29 is 9.90 Å². The number of hydrogen-bond donors (Lipinski definition) is 3. The molecule has 0 aromatic rings. The fraction of sp³-hybridized carbons (Fsp3) is 0.875. The van der Waals surface area contributed by atoms with Crippen molar-refractivity contribution in [2.24, 2.45) is 5.92 Å². The Bertz CT molecular complexity index is 144. The molecule has 1 unspecified atom stereocenters.